The van der Waals surface area contributed by atoms with Crippen LogP contribution >= 0.6 is 0 Å². The van der Waals surface area contributed by atoms with Gasteiger partial charge in [-0.05, 0) is 24.3 Å². The summed E-state index contributed by atoms with van der Waals surface area (Å²) in [5, 5.41) is 10.2. The van der Waals surface area contributed by atoms with Gasteiger partial charge in [0.1, 0.15) is 12.6 Å². The lowest BCUT2D eigenvalue weighted by atomic mass is 10.2. The summed E-state index contributed by atoms with van der Waals surface area (Å²) in [4.78, 5) is 4.73. The molecule has 1 saturated heterocycles. The number of nitrogen functional groups attached to an aromatic ring is 1. The van der Waals surface area contributed by atoms with Gasteiger partial charge in [-0.15, -0.1) is 0 Å². The van der Waals surface area contributed by atoms with E-state index in [1.54, 1.807) is 0 Å². The third-order valence-electron chi connectivity index (χ3n) is 3.86. The predicted molar refractivity (Wildman–Crippen MR) is 88.4 cm³/mol. The van der Waals surface area contributed by atoms with E-state index in [1.807, 2.05) is 12.1 Å². The van der Waals surface area contributed by atoms with E-state index >= 15 is 0 Å². The fourth-order valence-electron chi connectivity index (χ4n) is 2.86. The van der Waals surface area contributed by atoms with Gasteiger partial charge in [0, 0.05) is 44.1 Å². The maximum atomic E-state index is 10.2. The zero-order valence-electron chi connectivity index (χ0n) is 13.5. The molecule has 1 fully saturated rings. The normalized spacial score (nSPS) is 18.8. The lowest BCUT2D eigenvalue weighted by molar-refractivity contribution is -0.873. The molecule has 1 aliphatic heterocycles. The minimum Gasteiger partial charge on any atom is -0.399 e. The smallest absolute Gasteiger partial charge is 0.115 e. The molecular weight excluding hydrogens is 264 g/mol. The van der Waals surface area contributed by atoms with Crippen LogP contribution in [-0.2, 0) is 0 Å². The highest BCUT2D eigenvalue weighted by Gasteiger charge is 2.22. The predicted octanol–water partition coefficient (Wildman–Crippen LogP) is 0.458. The number of hydrogen-bond donors (Lipinski definition) is 2. The molecule has 3 N–H and O–H groups in total. The second kappa shape index (κ2) is 6.64. The summed E-state index contributed by atoms with van der Waals surface area (Å²) in [6.07, 6.45) is -0.256. The first-order valence-corrected chi connectivity index (χ1v) is 7.65. The number of aliphatic hydroxyl groups is 1. The topological polar surface area (TPSA) is 52.7 Å². The average molecular weight is 293 g/mol. The molecule has 1 aliphatic rings. The van der Waals surface area contributed by atoms with Crippen LogP contribution in [-0.4, -0.2) is 81.0 Å². The van der Waals surface area contributed by atoms with Crippen LogP contribution in [0.25, 0.3) is 0 Å². The quantitative estimate of drug-likeness (QED) is 0.612. The molecule has 2 rings (SSSR count). The van der Waals surface area contributed by atoms with Crippen LogP contribution in [0.5, 0.6) is 0 Å². The summed E-state index contributed by atoms with van der Waals surface area (Å²) in [5.74, 6) is 0. The van der Waals surface area contributed by atoms with Crippen molar-refractivity contribution in [3.8, 4) is 0 Å². The molecule has 0 bridgehead atoms. The third kappa shape index (κ3) is 5.19. The van der Waals surface area contributed by atoms with E-state index in [0.717, 1.165) is 49.4 Å². The van der Waals surface area contributed by atoms with Crippen molar-refractivity contribution in [3.63, 3.8) is 0 Å². The van der Waals surface area contributed by atoms with Crippen molar-refractivity contribution in [1.29, 1.82) is 0 Å². The summed E-state index contributed by atoms with van der Waals surface area (Å²) >= 11 is 0. The van der Waals surface area contributed by atoms with Crippen LogP contribution in [0.4, 0.5) is 11.4 Å². The maximum Gasteiger partial charge on any atom is 0.115 e. The third-order valence-corrected chi connectivity index (χ3v) is 3.86. The van der Waals surface area contributed by atoms with Gasteiger partial charge in [0.05, 0.1) is 21.1 Å². The van der Waals surface area contributed by atoms with Gasteiger partial charge in [0.2, 0.25) is 0 Å². The number of quaternary nitrogens is 1. The van der Waals surface area contributed by atoms with Gasteiger partial charge in [-0.2, -0.15) is 0 Å². The Labute approximate surface area is 128 Å². The molecule has 0 amide bonds. The van der Waals surface area contributed by atoms with Crippen molar-refractivity contribution in [3.05, 3.63) is 24.3 Å². The lowest BCUT2D eigenvalue weighted by Crippen LogP contribution is -2.51. The molecule has 118 valence electrons. The fourth-order valence-corrected chi connectivity index (χ4v) is 2.86. The number of nitrogens with two attached hydrogens (primary N) is 1. The van der Waals surface area contributed by atoms with Crippen LogP contribution < -0.4 is 10.6 Å². The summed E-state index contributed by atoms with van der Waals surface area (Å²) in [6, 6.07) is 8.06. The SMILES string of the molecule is C[N+](C)(C)CC(O)CN1CCN(c2ccc(N)cc2)CC1. The van der Waals surface area contributed by atoms with Crippen molar-refractivity contribution in [1.82, 2.24) is 4.90 Å². The molecule has 21 heavy (non-hydrogen) atoms. The van der Waals surface area contributed by atoms with Crippen molar-refractivity contribution in [2.45, 2.75) is 6.10 Å². The van der Waals surface area contributed by atoms with Crippen molar-refractivity contribution in [2.24, 2.45) is 0 Å². The van der Waals surface area contributed by atoms with Gasteiger partial charge in [0.25, 0.3) is 0 Å². The number of aliphatic hydroxyl groups excluding tert-OH is 1. The van der Waals surface area contributed by atoms with Crippen LogP contribution in [0.1, 0.15) is 0 Å². The first kappa shape index (κ1) is 16.1. The first-order valence-electron chi connectivity index (χ1n) is 7.65. The van der Waals surface area contributed by atoms with E-state index in [9.17, 15) is 5.11 Å². The zero-order valence-corrected chi connectivity index (χ0v) is 13.5. The van der Waals surface area contributed by atoms with Crippen LogP contribution in [0, 0.1) is 0 Å². The highest BCUT2D eigenvalue weighted by atomic mass is 16.3. The number of anilines is 2. The molecular formula is C16H29N4O+. The molecule has 1 aromatic carbocycles. The summed E-state index contributed by atoms with van der Waals surface area (Å²) in [5.41, 5.74) is 7.77. The number of piperazine rings is 1. The molecule has 1 unspecified atom stereocenters. The van der Waals surface area contributed by atoms with E-state index < -0.39 is 0 Å². The Morgan fingerprint density at radius 3 is 2.19 bits per heavy atom. The largest absolute Gasteiger partial charge is 0.399 e. The molecule has 5 heteroatoms. The van der Waals surface area contributed by atoms with Crippen LogP contribution in [0.3, 0.4) is 0 Å². The zero-order chi connectivity index (χ0) is 15.5. The second-order valence-corrected chi connectivity index (χ2v) is 7.01. The molecule has 5 nitrogen and oxygen atoms in total. The summed E-state index contributed by atoms with van der Waals surface area (Å²) < 4.78 is 0.798. The second-order valence-electron chi connectivity index (χ2n) is 7.01. The van der Waals surface area contributed by atoms with Gasteiger partial charge in [-0.1, -0.05) is 0 Å². The number of β-amino-alcohol motifs (C(OH)–C–C–N with tert-alkyl or cyclic N) is 1. The Balaban J connectivity index is 1.79. The lowest BCUT2D eigenvalue weighted by Gasteiger charge is -2.37. The Bertz CT molecular complexity index is 433. The van der Waals surface area contributed by atoms with E-state index in [-0.39, 0.29) is 6.10 Å². The minimum atomic E-state index is -0.256. The van der Waals surface area contributed by atoms with E-state index in [4.69, 9.17) is 5.73 Å². The maximum absolute atomic E-state index is 10.2. The number of rotatable bonds is 5. The van der Waals surface area contributed by atoms with E-state index in [0.29, 0.717) is 0 Å². The molecule has 0 saturated carbocycles. The average Bonchev–Trinajstić information content (AvgIpc) is 2.38. The minimum absolute atomic E-state index is 0.256. The van der Waals surface area contributed by atoms with Gasteiger partial charge in [0.15, 0.2) is 0 Å². The number of nitrogens with zero attached hydrogens (tertiary/aromatic N) is 3. The van der Waals surface area contributed by atoms with Crippen molar-refractivity contribution < 1.29 is 9.59 Å². The standard InChI is InChI=1S/C16H29N4O/c1-20(2,3)13-16(21)12-18-8-10-19(11-9-18)15-6-4-14(17)5-7-15/h4-7,16,21H,8-13,17H2,1-3H3/q+1. The summed E-state index contributed by atoms with van der Waals surface area (Å²) in [6.45, 7) is 5.56. The van der Waals surface area contributed by atoms with Crippen molar-refractivity contribution in [2.75, 3.05) is 71.0 Å². The highest BCUT2D eigenvalue weighted by molar-refractivity contribution is 5.53. The van der Waals surface area contributed by atoms with Crippen molar-refractivity contribution >= 4 is 11.4 Å². The molecule has 0 aliphatic carbocycles. The first-order chi connectivity index (χ1) is 9.83. The summed E-state index contributed by atoms with van der Waals surface area (Å²) in [7, 11) is 6.34. The Hall–Kier alpha value is -1.30. The highest BCUT2D eigenvalue weighted by Crippen LogP contribution is 2.18. The Morgan fingerprint density at radius 1 is 1.10 bits per heavy atom. The van der Waals surface area contributed by atoms with Gasteiger partial charge < -0.3 is 20.2 Å². The number of likely N-dealkylation sites (N-methyl/N-ethyl adjacent to an activating group) is 1. The molecule has 0 radical (unpaired) electrons. The Morgan fingerprint density at radius 2 is 1.67 bits per heavy atom. The molecule has 0 aromatic heterocycles. The number of hydrogen-bond acceptors (Lipinski definition) is 4. The Kier molecular flexibility index (Phi) is 5.08. The molecule has 1 heterocycles. The van der Waals surface area contributed by atoms with E-state index in [1.165, 1.54) is 5.69 Å². The molecule has 1 atom stereocenters. The number of benzene rings is 1. The molecule has 0 spiro atoms. The van der Waals surface area contributed by atoms with Gasteiger partial charge in [-0.3, -0.25) is 4.90 Å². The van der Waals surface area contributed by atoms with Gasteiger partial charge in [-0.25, -0.2) is 0 Å². The molecule has 1 aromatic rings. The van der Waals surface area contributed by atoms with Crippen LogP contribution in [0.15, 0.2) is 24.3 Å². The monoisotopic (exact) mass is 293 g/mol. The van der Waals surface area contributed by atoms with Crippen LogP contribution in [0.2, 0.25) is 0 Å². The fraction of sp³-hybridized carbons (Fsp3) is 0.625. The van der Waals surface area contributed by atoms with Gasteiger partial charge >= 0.3 is 0 Å². The van der Waals surface area contributed by atoms with E-state index in [2.05, 4.69) is 43.1 Å².